The molecule has 106 valence electrons. The molecule has 2 amide bonds. The second-order valence-electron chi connectivity index (χ2n) is 4.42. The molecule has 1 aromatic rings. The zero-order valence-corrected chi connectivity index (χ0v) is 11.8. The molecule has 1 atom stereocenters. The first-order chi connectivity index (χ1) is 9.45. The van der Waals surface area contributed by atoms with E-state index in [1.54, 1.807) is 33.2 Å². The summed E-state index contributed by atoms with van der Waals surface area (Å²) in [6.07, 6.45) is 6.49. The lowest BCUT2D eigenvalue weighted by Crippen LogP contribution is -2.36. The molecule has 0 saturated carbocycles. The fraction of sp³-hybridized carbons (Fsp3) is 0.357. The SMILES string of the molecule is C#CCNC(=O)c1ccc(N[C@@H](C)C(=O)N(C)C)nc1. The summed E-state index contributed by atoms with van der Waals surface area (Å²) in [5.74, 6) is 2.52. The largest absolute Gasteiger partial charge is 0.359 e. The number of aromatic nitrogens is 1. The third kappa shape index (κ3) is 4.28. The van der Waals surface area contributed by atoms with Crippen molar-refractivity contribution in [2.45, 2.75) is 13.0 Å². The first-order valence-corrected chi connectivity index (χ1v) is 6.11. The van der Waals surface area contributed by atoms with Gasteiger partial charge in [-0.3, -0.25) is 9.59 Å². The first kappa shape index (κ1) is 15.5. The Morgan fingerprint density at radius 3 is 2.65 bits per heavy atom. The highest BCUT2D eigenvalue weighted by Crippen LogP contribution is 2.07. The van der Waals surface area contributed by atoms with Gasteiger partial charge in [-0.25, -0.2) is 4.98 Å². The number of carbonyl (C=O) groups is 2. The average Bonchev–Trinajstić information content (AvgIpc) is 2.44. The second-order valence-corrected chi connectivity index (χ2v) is 4.42. The molecule has 0 aliphatic heterocycles. The van der Waals surface area contributed by atoms with Crippen LogP contribution in [0.3, 0.4) is 0 Å². The molecule has 6 nitrogen and oxygen atoms in total. The predicted octanol–water partition coefficient (Wildman–Crippen LogP) is 0.333. The van der Waals surface area contributed by atoms with Gasteiger partial charge in [0.15, 0.2) is 0 Å². The summed E-state index contributed by atoms with van der Waals surface area (Å²) < 4.78 is 0. The Bertz CT molecular complexity index is 517. The molecule has 0 aliphatic rings. The van der Waals surface area contributed by atoms with Crippen molar-refractivity contribution in [3.63, 3.8) is 0 Å². The summed E-state index contributed by atoms with van der Waals surface area (Å²) in [5.41, 5.74) is 0.414. The van der Waals surface area contributed by atoms with Crippen LogP contribution in [0.1, 0.15) is 17.3 Å². The topological polar surface area (TPSA) is 74.3 Å². The normalized spacial score (nSPS) is 11.1. The van der Waals surface area contributed by atoms with Gasteiger partial charge >= 0.3 is 0 Å². The lowest BCUT2D eigenvalue weighted by Gasteiger charge is -2.18. The third-order valence-electron chi connectivity index (χ3n) is 2.55. The van der Waals surface area contributed by atoms with Crippen LogP contribution in [-0.4, -0.2) is 48.4 Å². The number of anilines is 1. The second kappa shape index (κ2) is 7.14. The maximum atomic E-state index is 11.7. The summed E-state index contributed by atoms with van der Waals surface area (Å²) in [4.78, 5) is 28.9. The molecule has 0 radical (unpaired) electrons. The third-order valence-corrected chi connectivity index (χ3v) is 2.55. The van der Waals surface area contributed by atoms with Crippen molar-refractivity contribution in [2.75, 3.05) is 26.0 Å². The van der Waals surface area contributed by atoms with E-state index in [-0.39, 0.29) is 18.4 Å². The summed E-state index contributed by atoms with van der Waals surface area (Å²) >= 11 is 0. The van der Waals surface area contributed by atoms with Crippen molar-refractivity contribution in [1.29, 1.82) is 0 Å². The number of nitrogens with one attached hydrogen (secondary N) is 2. The number of pyridine rings is 1. The minimum absolute atomic E-state index is 0.0531. The maximum absolute atomic E-state index is 11.7. The molecule has 1 aromatic heterocycles. The van der Waals surface area contributed by atoms with Gasteiger partial charge in [-0.15, -0.1) is 6.42 Å². The lowest BCUT2D eigenvalue weighted by molar-refractivity contribution is -0.129. The molecule has 0 bridgehead atoms. The van der Waals surface area contributed by atoms with Crippen LogP contribution in [-0.2, 0) is 4.79 Å². The number of nitrogens with zero attached hydrogens (tertiary/aromatic N) is 2. The Morgan fingerprint density at radius 1 is 1.45 bits per heavy atom. The van der Waals surface area contributed by atoms with Crippen molar-refractivity contribution < 1.29 is 9.59 Å². The molecule has 1 rings (SSSR count). The molecule has 0 fully saturated rings. The Balaban J connectivity index is 2.65. The van der Waals surface area contributed by atoms with Gasteiger partial charge in [0.25, 0.3) is 5.91 Å². The van der Waals surface area contributed by atoms with E-state index in [1.165, 1.54) is 11.1 Å². The summed E-state index contributed by atoms with van der Waals surface area (Å²) in [6.45, 7) is 1.92. The molecule has 2 N–H and O–H groups in total. The van der Waals surface area contributed by atoms with Crippen molar-refractivity contribution in [2.24, 2.45) is 0 Å². The van der Waals surface area contributed by atoms with Crippen LogP contribution < -0.4 is 10.6 Å². The van der Waals surface area contributed by atoms with E-state index < -0.39 is 6.04 Å². The van der Waals surface area contributed by atoms with Crippen LogP contribution >= 0.6 is 0 Å². The van der Waals surface area contributed by atoms with Crippen molar-refractivity contribution in [3.05, 3.63) is 23.9 Å². The van der Waals surface area contributed by atoms with Crippen molar-refractivity contribution in [1.82, 2.24) is 15.2 Å². The van der Waals surface area contributed by atoms with Crippen LogP contribution in [0.5, 0.6) is 0 Å². The lowest BCUT2D eigenvalue weighted by atomic mass is 10.2. The molecule has 1 heterocycles. The fourth-order valence-corrected chi connectivity index (χ4v) is 1.52. The molecule has 6 heteroatoms. The van der Waals surface area contributed by atoms with E-state index in [1.807, 2.05) is 0 Å². The number of hydrogen-bond acceptors (Lipinski definition) is 4. The first-order valence-electron chi connectivity index (χ1n) is 6.11. The smallest absolute Gasteiger partial charge is 0.253 e. The highest BCUT2D eigenvalue weighted by Gasteiger charge is 2.15. The summed E-state index contributed by atoms with van der Waals surface area (Å²) in [7, 11) is 3.37. The Labute approximate surface area is 118 Å². The highest BCUT2D eigenvalue weighted by atomic mass is 16.2. The molecule has 0 aromatic carbocycles. The summed E-state index contributed by atoms with van der Waals surface area (Å²) in [5, 5.41) is 5.51. The number of hydrogen-bond donors (Lipinski definition) is 2. The number of rotatable bonds is 5. The Morgan fingerprint density at radius 2 is 2.15 bits per heavy atom. The average molecular weight is 274 g/mol. The minimum atomic E-state index is -0.390. The minimum Gasteiger partial charge on any atom is -0.359 e. The molecule has 0 saturated heterocycles. The van der Waals surface area contributed by atoms with Crippen LogP contribution in [0.4, 0.5) is 5.82 Å². The molecular formula is C14H18N4O2. The van der Waals surface area contributed by atoms with E-state index in [2.05, 4.69) is 21.5 Å². The molecule has 0 unspecified atom stereocenters. The number of amides is 2. The van der Waals surface area contributed by atoms with E-state index >= 15 is 0 Å². The monoisotopic (exact) mass is 274 g/mol. The Kier molecular flexibility index (Phi) is 5.54. The van der Waals surface area contributed by atoms with Crippen molar-refractivity contribution >= 4 is 17.6 Å². The van der Waals surface area contributed by atoms with E-state index in [4.69, 9.17) is 6.42 Å². The van der Waals surface area contributed by atoms with Crippen LogP contribution in [0.25, 0.3) is 0 Å². The van der Waals surface area contributed by atoms with Gasteiger partial charge in [0.2, 0.25) is 5.91 Å². The molecule has 0 spiro atoms. The van der Waals surface area contributed by atoms with Gasteiger partial charge in [0.1, 0.15) is 11.9 Å². The zero-order chi connectivity index (χ0) is 15.1. The van der Waals surface area contributed by atoms with Gasteiger partial charge in [-0.05, 0) is 19.1 Å². The van der Waals surface area contributed by atoms with Gasteiger partial charge in [-0.1, -0.05) is 5.92 Å². The molecule has 20 heavy (non-hydrogen) atoms. The molecular weight excluding hydrogens is 256 g/mol. The fourth-order valence-electron chi connectivity index (χ4n) is 1.52. The zero-order valence-electron chi connectivity index (χ0n) is 11.8. The van der Waals surface area contributed by atoms with Gasteiger partial charge in [0, 0.05) is 20.3 Å². The number of terminal acetylenes is 1. The standard InChI is InChI=1S/C14H18N4O2/c1-5-8-15-13(19)11-6-7-12(16-9-11)17-10(2)14(20)18(3)4/h1,6-7,9-10H,8H2,2-4H3,(H,15,19)(H,16,17)/t10-/m0/s1. The van der Waals surface area contributed by atoms with E-state index in [9.17, 15) is 9.59 Å². The quantitative estimate of drug-likeness (QED) is 0.759. The number of likely N-dealkylation sites (N-methyl/N-ethyl adjacent to an activating group) is 1. The predicted molar refractivity (Wildman–Crippen MR) is 77.2 cm³/mol. The van der Waals surface area contributed by atoms with Crippen LogP contribution in [0, 0.1) is 12.3 Å². The van der Waals surface area contributed by atoms with Crippen LogP contribution in [0.2, 0.25) is 0 Å². The van der Waals surface area contributed by atoms with E-state index in [0.29, 0.717) is 11.4 Å². The maximum Gasteiger partial charge on any atom is 0.253 e. The van der Waals surface area contributed by atoms with Crippen molar-refractivity contribution in [3.8, 4) is 12.3 Å². The van der Waals surface area contributed by atoms with Gasteiger partial charge < -0.3 is 15.5 Å². The van der Waals surface area contributed by atoms with Crippen LogP contribution in [0.15, 0.2) is 18.3 Å². The summed E-state index contributed by atoms with van der Waals surface area (Å²) in [6, 6.07) is 2.87. The Hall–Kier alpha value is -2.55. The highest BCUT2D eigenvalue weighted by molar-refractivity contribution is 5.94. The van der Waals surface area contributed by atoms with Gasteiger partial charge in [-0.2, -0.15) is 0 Å². The number of carbonyl (C=O) groups excluding carboxylic acids is 2. The van der Waals surface area contributed by atoms with E-state index in [0.717, 1.165) is 0 Å². The molecule has 0 aliphatic carbocycles. The van der Waals surface area contributed by atoms with Gasteiger partial charge in [0.05, 0.1) is 12.1 Å².